The van der Waals surface area contributed by atoms with Crippen molar-refractivity contribution in [2.75, 3.05) is 0 Å². The van der Waals surface area contributed by atoms with Crippen molar-refractivity contribution in [3.63, 3.8) is 0 Å². The topological polar surface area (TPSA) is 32.6 Å². The largest absolute Gasteiger partial charge is 0.507 e. The molecule has 0 aliphatic heterocycles. The lowest BCUT2D eigenvalue weighted by Crippen LogP contribution is -1.90. The molecule has 0 aromatic heterocycles. The van der Waals surface area contributed by atoms with Gasteiger partial charge in [0.2, 0.25) is 0 Å². The second-order valence-electron chi connectivity index (χ2n) is 4.18. The molecule has 0 saturated carbocycles. The first-order valence-electron chi connectivity index (χ1n) is 6.02. The van der Waals surface area contributed by atoms with Crippen LogP contribution in [0.2, 0.25) is 0 Å². The first-order chi connectivity index (χ1) is 9.52. The van der Waals surface area contributed by atoms with Crippen LogP contribution < -0.4 is 0 Å². The Morgan fingerprint density at radius 2 is 1.80 bits per heavy atom. The number of hydrogen-bond acceptors (Lipinski definition) is 2. The summed E-state index contributed by atoms with van der Waals surface area (Å²) in [4.78, 5) is 3.65. The van der Waals surface area contributed by atoms with E-state index in [1.807, 2.05) is 6.92 Å². The molecular formula is C15H12F3NO. The highest BCUT2D eigenvalue weighted by molar-refractivity contribution is 5.86. The quantitative estimate of drug-likeness (QED) is 0.842. The molecule has 0 aliphatic rings. The van der Waals surface area contributed by atoms with Crippen molar-refractivity contribution in [1.82, 2.24) is 0 Å². The smallest absolute Gasteiger partial charge is 0.154 e. The summed E-state index contributed by atoms with van der Waals surface area (Å²) in [7, 11) is 0. The van der Waals surface area contributed by atoms with E-state index in [4.69, 9.17) is 0 Å². The number of benzene rings is 2. The number of aryl methyl sites for hydroxylation is 1. The highest BCUT2D eigenvalue weighted by Crippen LogP contribution is 2.25. The zero-order valence-corrected chi connectivity index (χ0v) is 10.7. The Hall–Kier alpha value is -2.30. The van der Waals surface area contributed by atoms with Gasteiger partial charge in [-0.05, 0) is 18.1 Å². The van der Waals surface area contributed by atoms with E-state index in [-0.39, 0.29) is 5.75 Å². The van der Waals surface area contributed by atoms with Gasteiger partial charge in [0.1, 0.15) is 17.3 Å². The maximum absolute atomic E-state index is 13.4. The summed E-state index contributed by atoms with van der Waals surface area (Å²) in [5.41, 5.74) is 0.453. The summed E-state index contributed by atoms with van der Waals surface area (Å²) >= 11 is 0. The van der Waals surface area contributed by atoms with Crippen molar-refractivity contribution in [2.45, 2.75) is 13.3 Å². The zero-order chi connectivity index (χ0) is 14.7. The Balaban J connectivity index is 2.40. The van der Waals surface area contributed by atoms with E-state index in [1.165, 1.54) is 0 Å². The lowest BCUT2D eigenvalue weighted by molar-refractivity contribution is 0.468. The average molecular weight is 279 g/mol. The third kappa shape index (κ3) is 2.82. The molecule has 2 aromatic carbocycles. The standard InChI is InChI=1S/C15H12F3NO/c1-2-9-4-3-5-10(15(9)20)8-19-14-12(17)6-11(16)7-13(14)18/h3-8,20H,2H2,1H3. The van der Waals surface area contributed by atoms with Crippen molar-refractivity contribution in [3.05, 3.63) is 58.9 Å². The first kappa shape index (κ1) is 14.1. The van der Waals surface area contributed by atoms with E-state index in [0.717, 1.165) is 6.21 Å². The van der Waals surface area contributed by atoms with Crippen LogP contribution in [0.15, 0.2) is 35.3 Å². The molecule has 2 rings (SSSR count). The Kier molecular flexibility index (Phi) is 4.08. The SMILES string of the molecule is CCc1cccc(C=Nc2c(F)cc(F)cc2F)c1O. The maximum Gasteiger partial charge on any atom is 0.154 e. The van der Waals surface area contributed by atoms with Gasteiger partial charge in [-0.15, -0.1) is 0 Å². The molecule has 1 N–H and O–H groups in total. The third-order valence-corrected chi connectivity index (χ3v) is 2.85. The molecule has 2 nitrogen and oxygen atoms in total. The number of phenolic OH excluding ortho intramolecular Hbond substituents is 1. The molecule has 0 aliphatic carbocycles. The van der Waals surface area contributed by atoms with Gasteiger partial charge in [-0.3, -0.25) is 0 Å². The molecule has 0 fully saturated rings. The minimum absolute atomic E-state index is 0.0154. The number of aromatic hydroxyl groups is 1. The van der Waals surface area contributed by atoms with Crippen molar-refractivity contribution >= 4 is 11.9 Å². The normalized spacial score (nSPS) is 11.2. The van der Waals surface area contributed by atoms with Gasteiger partial charge in [0.25, 0.3) is 0 Å². The van der Waals surface area contributed by atoms with Gasteiger partial charge >= 0.3 is 0 Å². The summed E-state index contributed by atoms with van der Waals surface area (Å²) in [6.07, 6.45) is 1.76. The fraction of sp³-hybridized carbons (Fsp3) is 0.133. The van der Waals surface area contributed by atoms with Gasteiger partial charge < -0.3 is 5.11 Å². The number of halogens is 3. The van der Waals surface area contributed by atoms with E-state index in [0.29, 0.717) is 29.7 Å². The molecule has 0 amide bonds. The summed E-state index contributed by atoms with van der Waals surface area (Å²) in [5, 5.41) is 9.91. The van der Waals surface area contributed by atoms with Crippen LogP contribution in [0.5, 0.6) is 5.75 Å². The van der Waals surface area contributed by atoms with Crippen molar-refractivity contribution < 1.29 is 18.3 Å². The minimum Gasteiger partial charge on any atom is -0.507 e. The highest BCUT2D eigenvalue weighted by atomic mass is 19.1. The third-order valence-electron chi connectivity index (χ3n) is 2.85. The molecule has 20 heavy (non-hydrogen) atoms. The van der Waals surface area contributed by atoms with Crippen LogP contribution in [0, 0.1) is 17.5 Å². The summed E-state index contributed by atoms with van der Waals surface area (Å²) in [6, 6.07) is 6.12. The van der Waals surface area contributed by atoms with E-state index in [9.17, 15) is 18.3 Å². The molecule has 104 valence electrons. The van der Waals surface area contributed by atoms with Gasteiger partial charge in [-0.25, -0.2) is 18.2 Å². The number of hydrogen-bond donors (Lipinski definition) is 1. The molecule has 2 aromatic rings. The zero-order valence-electron chi connectivity index (χ0n) is 10.7. The second kappa shape index (κ2) is 5.77. The van der Waals surface area contributed by atoms with Crippen LogP contribution in [0.4, 0.5) is 18.9 Å². The summed E-state index contributed by atoms with van der Waals surface area (Å²) in [6.45, 7) is 1.87. The molecule has 0 atom stereocenters. The second-order valence-corrected chi connectivity index (χ2v) is 4.18. The highest BCUT2D eigenvalue weighted by Gasteiger charge is 2.10. The van der Waals surface area contributed by atoms with Crippen LogP contribution in [0.25, 0.3) is 0 Å². The van der Waals surface area contributed by atoms with Crippen LogP contribution in [0.3, 0.4) is 0 Å². The van der Waals surface area contributed by atoms with Gasteiger partial charge in [-0.2, -0.15) is 0 Å². The maximum atomic E-state index is 13.4. The Morgan fingerprint density at radius 3 is 2.40 bits per heavy atom. The van der Waals surface area contributed by atoms with Crippen LogP contribution in [-0.2, 0) is 6.42 Å². The Morgan fingerprint density at radius 1 is 1.15 bits per heavy atom. The fourth-order valence-corrected chi connectivity index (χ4v) is 1.79. The molecule has 0 saturated heterocycles. The molecule has 0 heterocycles. The predicted molar refractivity (Wildman–Crippen MR) is 71.1 cm³/mol. The number of aliphatic imine (C=N–C) groups is 1. The molecule has 0 unspecified atom stereocenters. The molecule has 0 radical (unpaired) electrons. The predicted octanol–water partition coefficient (Wildman–Crippen LogP) is 4.12. The molecule has 5 heteroatoms. The van der Waals surface area contributed by atoms with E-state index >= 15 is 0 Å². The monoisotopic (exact) mass is 279 g/mol. The Bertz CT molecular complexity index is 645. The average Bonchev–Trinajstić information content (AvgIpc) is 2.39. The summed E-state index contributed by atoms with van der Waals surface area (Å²) in [5.74, 6) is -3.17. The van der Waals surface area contributed by atoms with E-state index in [2.05, 4.69) is 4.99 Å². The van der Waals surface area contributed by atoms with Crippen molar-refractivity contribution in [2.24, 2.45) is 4.99 Å². The van der Waals surface area contributed by atoms with Crippen LogP contribution in [-0.4, -0.2) is 11.3 Å². The van der Waals surface area contributed by atoms with Gasteiger partial charge in [-0.1, -0.05) is 19.1 Å². The first-order valence-corrected chi connectivity index (χ1v) is 6.02. The Labute approximate surface area is 114 Å². The van der Waals surface area contributed by atoms with E-state index in [1.54, 1.807) is 18.2 Å². The number of rotatable bonds is 3. The minimum atomic E-state index is -1.09. The molecule has 0 spiro atoms. The number of para-hydroxylation sites is 1. The van der Waals surface area contributed by atoms with Gasteiger partial charge in [0, 0.05) is 23.9 Å². The summed E-state index contributed by atoms with van der Waals surface area (Å²) < 4.78 is 39.6. The van der Waals surface area contributed by atoms with Crippen molar-refractivity contribution in [3.8, 4) is 5.75 Å². The number of nitrogens with zero attached hydrogens (tertiary/aromatic N) is 1. The van der Waals surface area contributed by atoms with E-state index < -0.39 is 23.1 Å². The molecule has 0 bridgehead atoms. The van der Waals surface area contributed by atoms with Crippen molar-refractivity contribution in [1.29, 1.82) is 0 Å². The van der Waals surface area contributed by atoms with Gasteiger partial charge in [0.05, 0.1) is 0 Å². The molecular weight excluding hydrogens is 267 g/mol. The van der Waals surface area contributed by atoms with Gasteiger partial charge in [0.15, 0.2) is 11.6 Å². The number of phenols is 1. The fourth-order valence-electron chi connectivity index (χ4n) is 1.79. The van der Waals surface area contributed by atoms with Crippen LogP contribution in [0.1, 0.15) is 18.1 Å². The van der Waals surface area contributed by atoms with Crippen LogP contribution >= 0.6 is 0 Å². The lowest BCUT2D eigenvalue weighted by Gasteiger charge is -2.04. The lowest BCUT2D eigenvalue weighted by atomic mass is 10.1.